The minimum Gasteiger partial charge on any atom is -0.478 e. The van der Waals surface area contributed by atoms with Crippen molar-refractivity contribution in [3.63, 3.8) is 0 Å². The predicted molar refractivity (Wildman–Crippen MR) is 72.8 cm³/mol. The van der Waals surface area contributed by atoms with Gasteiger partial charge in [-0.05, 0) is 20.3 Å². The fourth-order valence-corrected chi connectivity index (χ4v) is 3.39. The van der Waals surface area contributed by atoms with Crippen LogP contribution in [0.1, 0.15) is 28.3 Å². The fourth-order valence-electron chi connectivity index (χ4n) is 1.94. The van der Waals surface area contributed by atoms with Gasteiger partial charge in [-0.1, -0.05) is 0 Å². The molecule has 120 valence electrons. The molecule has 0 saturated carbocycles. The molecule has 1 rings (SSSR count). The molecule has 3 N–H and O–H groups in total. The number of aryl methyl sites for hydroxylation is 2. The largest absolute Gasteiger partial charge is 0.478 e. The van der Waals surface area contributed by atoms with Crippen molar-refractivity contribution in [2.75, 3.05) is 20.3 Å². The third kappa shape index (κ3) is 4.27. The molecule has 0 amide bonds. The van der Waals surface area contributed by atoms with E-state index >= 15 is 0 Å². The molecule has 0 aromatic carbocycles. The standard InChI is InChI=1S/C12H19NO7S/c1-7-10(12(15)16)11(8(2)20-7)21(17,18)13-5-4-9(14)6-19-3/h9,13-14H,4-6H2,1-3H3,(H,15,16). The van der Waals surface area contributed by atoms with E-state index in [0.717, 1.165) is 0 Å². The second-order valence-electron chi connectivity index (χ2n) is 4.52. The zero-order valence-corrected chi connectivity index (χ0v) is 12.9. The van der Waals surface area contributed by atoms with Crippen molar-refractivity contribution in [1.82, 2.24) is 4.72 Å². The minimum absolute atomic E-state index is 0.00911. The Morgan fingerprint density at radius 3 is 2.52 bits per heavy atom. The molecule has 1 atom stereocenters. The molecule has 0 aliphatic heterocycles. The lowest BCUT2D eigenvalue weighted by Gasteiger charge is -2.10. The maximum Gasteiger partial charge on any atom is 0.340 e. The van der Waals surface area contributed by atoms with E-state index in [1.807, 2.05) is 0 Å². The molecule has 1 heterocycles. The van der Waals surface area contributed by atoms with E-state index in [0.29, 0.717) is 0 Å². The lowest BCUT2D eigenvalue weighted by Crippen LogP contribution is -2.29. The second kappa shape index (κ2) is 7.03. The number of aliphatic hydroxyl groups is 1. The number of aliphatic hydroxyl groups excluding tert-OH is 1. The number of furan rings is 1. The van der Waals surface area contributed by atoms with Crippen LogP contribution in [0.15, 0.2) is 9.31 Å². The van der Waals surface area contributed by atoms with Gasteiger partial charge in [0.1, 0.15) is 22.0 Å². The van der Waals surface area contributed by atoms with Crippen LogP contribution in [0.4, 0.5) is 0 Å². The number of rotatable bonds is 8. The van der Waals surface area contributed by atoms with Gasteiger partial charge in [0.25, 0.3) is 0 Å². The average Bonchev–Trinajstić information content (AvgIpc) is 2.65. The van der Waals surface area contributed by atoms with Gasteiger partial charge in [-0.3, -0.25) is 0 Å². The van der Waals surface area contributed by atoms with E-state index in [1.54, 1.807) is 0 Å². The summed E-state index contributed by atoms with van der Waals surface area (Å²) in [6.07, 6.45) is -0.658. The van der Waals surface area contributed by atoms with E-state index in [1.165, 1.54) is 21.0 Å². The molecule has 0 fully saturated rings. The van der Waals surface area contributed by atoms with Gasteiger partial charge < -0.3 is 19.4 Å². The molecule has 0 radical (unpaired) electrons. The number of aromatic carboxylic acids is 1. The number of carboxylic acid groups (broad SMARTS) is 1. The highest BCUT2D eigenvalue weighted by molar-refractivity contribution is 7.89. The molecule has 1 aromatic rings. The molecular weight excluding hydrogens is 302 g/mol. The summed E-state index contributed by atoms with van der Waals surface area (Å²) < 4.78 is 36.4. The van der Waals surface area contributed by atoms with Gasteiger partial charge in [0.2, 0.25) is 10.0 Å². The quantitative estimate of drug-likeness (QED) is 0.627. The first-order valence-corrected chi connectivity index (χ1v) is 7.69. The molecule has 0 spiro atoms. The van der Waals surface area contributed by atoms with Crippen molar-refractivity contribution < 1.29 is 32.6 Å². The average molecular weight is 321 g/mol. The van der Waals surface area contributed by atoms with Crippen molar-refractivity contribution in [1.29, 1.82) is 0 Å². The van der Waals surface area contributed by atoms with Crippen molar-refractivity contribution >= 4 is 16.0 Å². The van der Waals surface area contributed by atoms with Crippen LogP contribution in [0.3, 0.4) is 0 Å². The van der Waals surface area contributed by atoms with Crippen molar-refractivity contribution in [2.24, 2.45) is 0 Å². The second-order valence-corrected chi connectivity index (χ2v) is 6.22. The summed E-state index contributed by atoms with van der Waals surface area (Å²) in [4.78, 5) is 10.8. The Bertz CT molecular complexity index is 605. The minimum atomic E-state index is -4.03. The summed E-state index contributed by atoms with van der Waals surface area (Å²) in [6.45, 7) is 2.81. The number of methoxy groups -OCH3 is 1. The first kappa shape index (κ1) is 17.6. The number of hydrogen-bond donors (Lipinski definition) is 3. The van der Waals surface area contributed by atoms with Crippen LogP contribution in [0.25, 0.3) is 0 Å². The van der Waals surface area contributed by atoms with Crippen molar-refractivity contribution in [3.8, 4) is 0 Å². The van der Waals surface area contributed by atoms with Crippen LogP contribution >= 0.6 is 0 Å². The van der Waals surface area contributed by atoms with Crippen LogP contribution in [0.5, 0.6) is 0 Å². The maximum absolute atomic E-state index is 12.2. The van der Waals surface area contributed by atoms with Crippen LogP contribution < -0.4 is 4.72 Å². The normalized spacial score (nSPS) is 13.3. The molecule has 0 saturated heterocycles. The first-order chi connectivity index (χ1) is 9.70. The molecule has 9 heteroatoms. The van der Waals surface area contributed by atoms with E-state index in [2.05, 4.69) is 4.72 Å². The maximum atomic E-state index is 12.2. The Labute approximate surface area is 122 Å². The van der Waals surface area contributed by atoms with Crippen LogP contribution in [0, 0.1) is 13.8 Å². The molecule has 8 nitrogen and oxygen atoms in total. The number of carbonyl (C=O) groups is 1. The summed E-state index contributed by atoms with van der Waals surface area (Å²) in [6, 6.07) is 0. The van der Waals surface area contributed by atoms with Gasteiger partial charge in [0.15, 0.2) is 0 Å². The zero-order valence-electron chi connectivity index (χ0n) is 12.0. The highest BCUT2D eigenvalue weighted by Gasteiger charge is 2.30. The first-order valence-electron chi connectivity index (χ1n) is 6.20. The molecule has 1 aromatic heterocycles. The van der Waals surface area contributed by atoms with Crippen molar-refractivity contribution in [3.05, 3.63) is 17.1 Å². The van der Waals surface area contributed by atoms with Crippen LogP contribution in [-0.4, -0.2) is 51.0 Å². The lowest BCUT2D eigenvalue weighted by molar-refractivity contribution is 0.0603. The number of nitrogens with one attached hydrogen (secondary N) is 1. The van der Waals surface area contributed by atoms with Gasteiger partial charge in [0, 0.05) is 13.7 Å². The summed E-state index contributed by atoms with van der Waals surface area (Å²) >= 11 is 0. The molecule has 0 aliphatic rings. The summed E-state index contributed by atoms with van der Waals surface area (Å²) in [7, 11) is -2.61. The Kier molecular flexibility index (Phi) is 5.90. The Hall–Kier alpha value is -1.42. The number of ether oxygens (including phenoxy) is 1. The topological polar surface area (TPSA) is 126 Å². The van der Waals surface area contributed by atoms with Crippen LogP contribution in [-0.2, 0) is 14.8 Å². The molecule has 0 aliphatic carbocycles. The predicted octanol–water partition coefficient (Wildman–Crippen LogP) is 0.270. The monoisotopic (exact) mass is 321 g/mol. The summed E-state index contributed by atoms with van der Waals surface area (Å²) in [5.74, 6) is -1.33. The Balaban J connectivity index is 2.91. The number of hydrogen-bond acceptors (Lipinski definition) is 6. The molecule has 21 heavy (non-hydrogen) atoms. The van der Waals surface area contributed by atoms with Gasteiger partial charge in [-0.2, -0.15) is 0 Å². The van der Waals surface area contributed by atoms with E-state index in [-0.39, 0.29) is 41.6 Å². The number of sulfonamides is 1. The van der Waals surface area contributed by atoms with E-state index < -0.39 is 22.1 Å². The number of carboxylic acids is 1. The van der Waals surface area contributed by atoms with E-state index in [4.69, 9.17) is 14.3 Å². The highest BCUT2D eigenvalue weighted by Crippen LogP contribution is 2.26. The zero-order chi connectivity index (χ0) is 16.2. The fraction of sp³-hybridized carbons (Fsp3) is 0.583. The SMILES string of the molecule is COCC(O)CCNS(=O)(=O)c1c(C)oc(C)c1C(=O)O. The van der Waals surface area contributed by atoms with Crippen LogP contribution in [0.2, 0.25) is 0 Å². The third-order valence-corrected chi connectivity index (χ3v) is 4.43. The molecule has 1 unspecified atom stereocenters. The van der Waals surface area contributed by atoms with E-state index in [9.17, 15) is 18.3 Å². The smallest absolute Gasteiger partial charge is 0.340 e. The van der Waals surface area contributed by atoms with Gasteiger partial charge >= 0.3 is 5.97 Å². The summed E-state index contributed by atoms with van der Waals surface area (Å²) in [5.41, 5.74) is -0.377. The Morgan fingerprint density at radius 2 is 2.00 bits per heavy atom. The molecular formula is C12H19NO7S. The lowest BCUT2D eigenvalue weighted by atomic mass is 10.2. The summed E-state index contributed by atoms with van der Waals surface area (Å²) in [5, 5.41) is 18.5. The Morgan fingerprint density at radius 1 is 1.38 bits per heavy atom. The van der Waals surface area contributed by atoms with Crippen molar-refractivity contribution in [2.45, 2.75) is 31.3 Å². The molecule has 0 bridgehead atoms. The van der Waals surface area contributed by atoms with Gasteiger partial charge in [-0.15, -0.1) is 0 Å². The van der Waals surface area contributed by atoms with Gasteiger partial charge in [0.05, 0.1) is 12.7 Å². The highest BCUT2D eigenvalue weighted by atomic mass is 32.2. The van der Waals surface area contributed by atoms with Gasteiger partial charge in [-0.25, -0.2) is 17.9 Å². The third-order valence-electron chi connectivity index (χ3n) is 2.82.